The lowest BCUT2D eigenvalue weighted by Crippen LogP contribution is -2.51. The predicted molar refractivity (Wildman–Crippen MR) is 78.9 cm³/mol. The summed E-state index contributed by atoms with van der Waals surface area (Å²) in [7, 11) is 0. The first-order valence-electron chi connectivity index (χ1n) is 6.98. The van der Waals surface area contributed by atoms with Crippen LogP contribution < -0.4 is 5.73 Å². The van der Waals surface area contributed by atoms with Crippen molar-refractivity contribution in [2.75, 3.05) is 0 Å². The molecule has 18 heavy (non-hydrogen) atoms. The maximum absolute atomic E-state index is 6.84. The summed E-state index contributed by atoms with van der Waals surface area (Å²) in [5.41, 5.74) is 8.04. The van der Waals surface area contributed by atoms with Crippen LogP contribution in [0.15, 0.2) is 0 Å². The number of thiazole rings is 1. The van der Waals surface area contributed by atoms with E-state index in [0.29, 0.717) is 5.92 Å². The molecule has 0 radical (unpaired) electrons. The fraction of sp³-hybridized carbons (Fsp3) is 0.800. The SMILES string of the molecule is Cc1nc(C2(N)CCCCC2C(C)(C)C)sc1C. The van der Waals surface area contributed by atoms with Crippen LogP contribution in [-0.4, -0.2) is 4.98 Å². The molecule has 0 saturated heterocycles. The van der Waals surface area contributed by atoms with Crippen LogP contribution in [0.1, 0.15) is 62.0 Å². The Bertz CT molecular complexity index is 411. The van der Waals surface area contributed by atoms with E-state index in [-0.39, 0.29) is 11.0 Å². The van der Waals surface area contributed by atoms with E-state index in [2.05, 4.69) is 34.6 Å². The summed E-state index contributed by atoms with van der Waals surface area (Å²) in [5.74, 6) is 0.531. The molecule has 0 amide bonds. The molecule has 1 aliphatic carbocycles. The van der Waals surface area contributed by atoms with E-state index in [0.717, 1.165) is 17.1 Å². The van der Waals surface area contributed by atoms with Crippen LogP contribution in [0.4, 0.5) is 0 Å². The molecule has 3 heteroatoms. The molecular formula is C15H26N2S. The monoisotopic (exact) mass is 266 g/mol. The van der Waals surface area contributed by atoms with Crippen molar-refractivity contribution in [3.8, 4) is 0 Å². The standard InChI is InChI=1S/C15H26N2S/c1-10-11(2)18-13(17-10)15(16)9-7-6-8-12(15)14(3,4)5/h12H,6-9,16H2,1-5H3. The van der Waals surface area contributed by atoms with Crippen molar-refractivity contribution in [3.63, 3.8) is 0 Å². The average Bonchev–Trinajstić information content (AvgIpc) is 2.59. The summed E-state index contributed by atoms with van der Waals surface area (Å²) in [6.45, 7) is 11.2. The van der Waals surface area contributed by atoms with Gasteiger partial charge in [0.05, 0.1) is 11.2 Å². The molecule has 2 atom stereocenters. The lowest BCUT2D eigenvalue weighted by Gasteiger charge is -2.46. The fourth-order valence-electron chi connectivity index (χ4n) is 3.33. The summed E-state index contributed by atoms with van der Waals surface area (Å²) in [4.78, 5) is 6.08. The number of nitrogens with zero attached hydrogens (tertiary/aromatic N) is 1. The smallest absolute Gasteiger partial charge is 0.113 e. The first-order chi connectivity index (χ1) is 8.25. The Morgan fingerprint density at radius 3 is 2.44 bits per heavy atom. The van der Waals surface area contributed by atoms with Crippen LogP contribution in [0, 0.1) is 25.2 Å². The van der Waals surface area contributed by atoms with Crippen molar-refractivity contribution in [2.24, 2.45) is 17.1 Å². The molecule has 2 N–H and O–H groups in total. The lowest BCUT2D eigenvalue weighted by molar-refractivity contribution is 0.0775. The first-order valence-corrected chi connectivity index (χ1v) is 7.80. The summed E-state index contributed by atoms with van der Waals surface area (Å²) in [5, 5.41) is 1.16. The third-order valence-electron chi connectivity index (χ3n) is 4.43. The number of aromatic nitrogens is 1. The Labute approximate surface area is 115 Å². The van der Waals surface area contributed by atoms with Gasteiger partial charge in [0, 0.05) is 4.88 Å². The molecule has 0 aliphatic heterocycles. The van der Waals surface area contributed by atoms with E-state index in [1.807, 2.05) is 0 Å². The van der Waals surface area contributed by atoms with Gasteiger partial charge >= 0.3 is 0 Å². The quantitative estimate of drug-likeness (QED) is 0.829. The predicted octanol–water partition coefficient (Wildman–Crippen LogP) is 4.15. The Hall–Kier alpha value is -0.410. The minimum Gasteiger partial charge on any atom is -0.319 e. The van der Waals surface area contributed by atoms with Crippen LogP contribution in [0.2, 0.25) is 0 Å². The maximum atomic E-state index is 6.84. The van der Waals surface area contributed by atoms with Gasteiger partial charge in [0.1, 0.15) is 5.01 Å². The van der Waals surface area contributed by atoms with Gasteiger partial charge < -0.3 is 5.73 Å². The second-order valence-electron chi connectivity index (χ2n) is 6.87. The van der Waals surface area contributed by atoms with E-state index in [9.17, 15) is 0 Å². The van der Waals surface area contributed by atoms with Gasteiger partial charge in [-0.05, 0) is 38.0 Å². The Morgan fingerprint density at radius 1 is 1.28 bits per heavy atom. The van der Waals surface area contributed by atoms with Crippen molar-refractivity contribution >= 4 is 11.3 Å². The highest BCUT2D eigenvalue weighted by molar-refractivity contribution is 7.11. The molecule has 1 aliphatic rings. The number of hydrogen-bond acceptors (Lipinski definition) is 3. The van der Waals surface area contributed by atoms with Crippen LogP contribution >= 0.6 is 11.3 Å². The zero-order valence-electron chi connectivity index (χ0n) is 12.3. The molecule has 1 saturated carbocycles. The third kappa shape index (κ3) is 2.35. The van der Waals surface area contributed by atoms with Gasteiger partial charge in [0.25, 0.3) is 0 Å². The fourth-order valence-corrected chi connectivity index (χ4v) is 4.43. The number of aryl methyl sites for hydroxylation is 2. The van der Waals surface area contributed by atoms with Crippen LogP contribution in [0.25, 0.3) is 0 Å². The largest absolute Gasteiger partial charge is 0.319 e. The molecule has 1 fully saturated rings. The van der Waals surface area contributed by atoms with E-state index in [1.165, 1.54) is 24.1 Å². The molecule has 2 nitrogen and oxygen atoms in total. The van der Waals surface area contributed by atoms with E-state index in [4.69, 9.17) is 10.7 Å². The van der Waals surface area contributed by atoms with Crippen LogP contribution in [-0.2, 0) is 5.54 Å². The van der Waals surface area contributed by atoms with E-state index in [1.54, 1.807) is 11.3 Å². The Morgan fingerprint density at radius 2 is 1.94 bits per heavy atom. The van der Waals surface area contributed by atoms with Crippen molar-refractivity contribution in [1.82, 2.24) is 4.98 Å². The van der Waals surface area contributed by atoms with Gasteiger partial charge in [0.2, 0.25) is 0 Å². The molecule has 1 aromatic heterocycles. The topological polar surface area (TPSA) is 38.9 Å². The maximum Gasteiger partial charge on any atom is 0.113 e. The second kappa shape index (κ2) is 4.61. The normalized spacial score (nSPS) is 29.6. The molecule has 1 aromatic rings. The molecule has 102 valence electrons. The zero-order valence-corrected chi connectivity index (χ0v) is 13.2. The van der Waals surface area contributed by atoms with Crippen molar-refractivity contribution in [2.45, 2.75) is 65.8 Å². The molecule has 1 heterocycles. The van der Waals surface area contributed by atoms with Gasteiger partial charge in [0.15, 0.2) is 0 Å². The summed E-state index contributed by atoms with van der Waals surface area (Å²) in [6, 6.07) is 0. The Balaban J connectivity index is 2.42. The zero-order chi connectivity index (χ0) is 13.6. The lowest BCUT2D eigenvalue weighted by atomic mass is 9.62. The first kappa shape index (κ1) is 14.0. The van der Waals surface area contributed by atoms with Gasteiger partial charge in [-0.15, -0.1) is 11.3 Å². The van der Waals surface area contributed by atoms with Crippen molar-refractivity contribution in [3.05, 3.63) is 15.6 Å². The molecule has 0 spiro atoms. The number of hydrogen-bond donors (Lipinski definition) is 1. The van der Waals surface area contributed by atoms with Crippen molar-refractivity contribution in [1.29, 1.82) is 0 Å². The Kier molecular flexibility index (Phi) is 3.58. The molecule has 2 unspecified atom stereocenters. The summed E-state index contributed by atoms with van der Waals surface area (Å²) < 4.78 is 0. The summed E-state index contributed by atoms with van der Waals surface area (Å²) in [6.07, 6.45) is 4.87. The second-order valence-corrected chi connectivity index (χ2v) is 8.07. The highest BCUT2D eigenvalue weighted by Gasteiger charge is 2.46. The minimum atomic E-state index is -0.208. The van der Waals surface area contributed by atoms with E-state index < -0.39 is 0 Å². The summed E-state index contributed by atoms with van der Waals surface area (Å²) >= 11 is 1.80. The third-order valence-corrected chi connectivity index (χ3v) is 5.69. The molecule has 0 aromatic carbocycles. The van der Waals surface area contributed by atoms with Crippen LogP contribution in [0.3, 0.4) is 0 Å². The molecule has 2 rings (SSSR count). The number of nitrogens with two attached hydrogens (primary N) is 1. The molecule has 0 bridgehead atoms. The van der Waals surface area contributed by atoms with E-state index >= 15 is 0 Å². The number of rotatable bonds is 1. The molecular weight excluding hydrogens is 240 g/mol. The van der Waals surface area contributed by atoms with Gasteiger partial charge in [-0.2, -0.15) is 0 Å². The van der Waals surface area contributed by atoms with Crippen LogP contribution in [0.5, 0.6) is 0 Å². The van der Waals surface area contributed by atoms with Gasteiger partial charge in [-0.25, -0.2) is 4.98 Å². The minimum absolute atomic E-state index is 0.208. The van der Waals surface area contributed by atoms with Gasteiger partial charge in [-0.1, -0.05) is 33.6 Å². The highest BCUT2D eigenvalue weighted by Crippen LogP contribution is 2.49. The van der Waals surface area contributed by atoms with Gasteiger partial charge in [-0.3, -0.25) is 0 Å². The van der Waals surface area contributed by atoms with Crippen molar-refractivity contribution < 1.29 is 0 Å². The highest BCUT2D eigenvalue weighted by atomic mass is 32.1. The average molecular weight is 266 g/mol.